The molecule has 1 aromatic rings. The van der Waals surface area contributed by atoms with Gasteiger partial charge in [0.25, 0.3) is 0 Å². The molecule has 2 rings (SSSR count). The van der Waals surface area contributed by atoms with E-state index in [-0.39, 0.29) is 12.1 Å². The second-order valence-corrected chi connectivity index (χ2v) is 7.96. The number of rotatable bonds is 3. The summed E-state index contributed by atoms with van der Waals surface area (Å²) in [6.07, 6.45) is 2.78. The van der Waals surface area contributed by atoms with Crippen LogP contribution in [0.5, 0.6) is 0 Å². The minimum Gasteiger partial charge on any atom is -0.207 e. The van der Waals surface area contributed by atoms with Crippen molar-refractivity contribution < 1.29 is 8.42 Å². The summed E-state index contributed by atoms with van der Waals surface area (Å²) >= 11 is 3.36. The molecule has 0 aromatic heterocycles. The van der Waals surface area contributed by atoms with Gasteiger partial charge in [-0.25, -0.2) is 8.42 Å². The highest BCUT2D eigenvalue weighted by molar-refractivity contribution is 9.10. The Labute approximate surface area is 124 Å². The van der Waals surface area contributed by atoms with Crippen LogP contribution in [0.3, 0.4) is 0 Å². The zero-order valence-corrected chi connectivity index (χ0v) is 14.0. The molecule has 2 unspecified atom stereocenters. The molecule has 1 aromatic carbocycles. The van der Waals surface area contributed by atoms with Crippen LogP contribution in [0.15, 0.2) is 27.6 Å². The Morgan fingerprint density at radius 3 is 2.68 bits per heavy atom. The zero-order valence-electron chi connectivity index (χ0n) is 11.6. The molecule has 1 heterocycles. The van der Waals surface area contributed by atoms with Crippen LogP contribution in [0.2, 0.25) is 0 Å². The van der Waals surface area contributed by atoms with Gasteiger partial charge in [0.05, 0.1) is 4.90 Å². The molecule has 0 bridgehead atoms. The lowest BCUT2D eigenvalue weighted by Gasteiger charge is -2.27. The molecule has 0 aliphatic carbocycles. The summed E-state index contributed by atoms with van der Waals surface area (Å²) in [4.78, 5) is 0.425. The molecular formula is C14H20BrNO2S. The predicted molar refractivity (Wildman–Crippen MR) is 80.7 cm³/mol. The minimum atomic E-state index is -3.40. The quantitative estimate of drug-likeness (QED) is 0.837. The number of aryl methyl sites for hydroxylation is 1. The SMILES string of the molecule is CCC1CCC(C)N1S(=O)(=O)c1cc(Br)ccc1C. The normalized spacial score (nSPS) is 24.8. The van der Waals surface area contributed by atoms with Gasteiger partial charge in [-0.2, -0.15) is 4.31 Å². The Hall–Kier alpha value is -0.390. The van der Waals surface area contributed by atoms with E-state index >= 15 is 0 Å². The first-order valence-corrected chi connectivity index (χ1v) is 8.91. The van der Waals surface area contributed by atoms with Gasteiger partial charge in [-0.15, -0.1) is 0 Å². The van der Waals surface area contributed by atoms with E-state index in [4.69, 9.17) is 0 Å². The van der Waals surface area contributed by atoms with Crippen molar-refractivity contribution in [3.8, 4) is 0 Å². The number of hydrogen-bond acceptors (Lipinski definition) is 2. The number of hydrogen-bond donors (Lipinski definition) is 0. The van der Waals surface area contributed by atoms with Gasteiger partial charge in [-0.1, -0.05) is 28.9 Å². The van der Waals surface area contributed by atoms with Crippen LogP contribution in [0.25, 0.3) is 0 Å². The summed E-state index contributed by atoms with van der Waals surface area (Å²) < 4.78 is 28.3. The van der Waals surface area contributed by atoms with E-state index in [0.29, 0.717) is 4.90 Å². The van der Waals surface area contributed by atoms with Crippen molar-refractivity contribution in [2.45, 2.75) is 57.0 Å². The van der Waals surface area contributed by atoms with Gasteiger partial charge in [0, 0.05) is 16.6 Å². The first kappa shape index (κ1) is 15.0. The molecule has 5 heteroatoms. The highest BCUT2D eigenvalue weighted by Crippen LogP contribution is 2.34. The molecule has 1 aliphatic rings. The molecule has 2 atom stereocenters. The van der Waals surface area contributed by atoms with Crippen molar-refractivity contribution in [3.63, 3.8) is 0 Å². The Kier molecular flexibility index (Phi) is 4.38. The maximum atomic E-state index is 12.9. The standard InChI is InChI=1S/C14H20BrNO2S/c1-4-13-8-6-11(3)16(13)19(17,18)14-9-12(15)7-5-10(14)2/h5,7,9,11,13H,4,6,8H2,1-3H3. The Morgan fingerprint density at radius 1 is 1.37 bits per heavy atom. The van der Waals surface area contributed by atoms with Crippen LogP contribution in [0, 0.1) is 6.92 Å². The highest BCUT2D eigenvalue weighted by atomic mass is 79.9. The third-order valence-corrected chi connectivity index (χ3v) is 6.59. The van der Waals surface area contributed by atoms with Crippen LogP contribution >= 0.6 is 15.9 Å². The summed E-state index contributed by atoms with van der Waals surface area (Å²) in [5.74, 6) is 0. The lowest BCUT2D eigenvalue weighted by Crippen LogP contribution is -2.39. The Morgan fingerprint density at radius 2 is 2.05 bits per heavy atom. The number of nitrogens with zero attached hydrogens (tertiary/aromatic N) is 1. The molecule has 0 N–H and O–H groups in total. The molecule has 0 spiro atoms. The summed E-state index contributed by atoms with van der Waals surface area (Å²) in [6.45, 7) is 5.90. The molecule has 0 radical (unpaired) electrons. The second kappa shape index (κ2) is 5.54. The fraction of sp³-hybridized carbons (Fsp3) is 0.571. The minimum absolute atomic E-state index is 0.0910. The number of benzene rings is 1. The molecule has 0 saturated carbocycles. The van der Waals surface area contributed by atoms with Gasteiger partial charge < -0.3 is 0 Å². The van der Waals surface area contributed by atoms with Crippen molar-refractivity contribution in [2.75, 3.05) is 0 Å². The van der Waals surface area contributed by atoms with Gasteiger partial charge in [0.1, 0.15) is 0 Å². The average molecular weight is 346 g/mol. The van der Waals surface area contributed by atoms with E-state index < -0.39 is 10.0 Å². The van der Waals surface area contributed by atoms with Gasteiger partial charge in [0.2, 0.25) is 10.0 Å². The van der Waals surface area contributed by atoms with E-state index in [2.05, 4.69) is 22.9 Å². The maximum absolute atomic E-state index is 12.9. The third-order valence-electron chi connectivity index (χ3n) is 3.89. The lowest BCUT2D eigenvalue weighted by atomic mass is 10.2. The van der Waals surface area contributed by atoms with Crippen molar-refractivity contribution in [2.24, 2.45) is 0 Å². The van der Waals surface area contributed by atoms with E-state index in [0.717, 1.165) is 29.3 Å². The Balaban J connectivity index is 2.50. The number of halogens is 1. The zero-order chi connectivity index (χ0) is 14.2. The summed E-state index contributed by atoms with van der Waals surface area (Å²) in [5.41, 5.74) is 0.803. The molecule has 3 nitrogen and oxygen atoms in total. The second-order valence-electron chi connectivity index (χ2n) is 5.23. The molecular weight excluding hydrogens is 326 g/mol. The Bertz CT molecular complexity index is 571. The monoisotopic (exact) mass is 345 g/mol. The average Bonchev–Trinajstić information content (AvgIpc) is 2.74. The van der Waals surface area contributed by atoms with Crippen molar-refractivity contribution in [1.29, 1.82) is 0 Å². The third kappa shape index (κ3) is 2.73. The van der Waals surface area contributed by atoms with Crippen LogP contribution in [0.1, 0.15) is 38.7 Å². The van der Waals surface area contributed by atoms with E-state index in [1.165, 1.54) is 0 Å². The smallest absolute Gasteiger partial charge is 0.207 e. The maximum Gasteiger partial charge on any atom is 0.243 e. The van der Waals surface area contributed by atoms with Crippen molar-refractivity contribution in [1.82, 2.24) is 4.31 Å². The molecule has 0 amide bonds. The van der Waals surface area contributed by atoms with Crippen LogP contribution in [0.4, 0.5) is 0 Å². The summed E-state index contributed by atoms with van der Waals surface area (Å²) in [7, 11) is -3.40. The van der Waals surface area contributed by atoms with E-state index in [1.54, 1.807) is 10.4 Å². The van der Waals surface area contributed by atoms with Gasteiger partial charge in [-0.05, 0) is 50.8 Å². The van der Waals surface area contributed by atoms with Crippen LogP contribution in [-0.4, -0.2) is 24.8 Å². The number of sulfonamides is 1. The topological polar surface area (TPSA) is 37.4 Å². The fourth-order valence-electron chi connectivity index (χ4n) is 2.83. The van der Waals surface area contributed by atoms with Gasteiger partial charge in [0.15, 0.2) is 0 Å². The highest BCUT2D eigenvalue weighted by Gasteiger charge is 2.39. The first-order valence-electron chi connectivity index (χ1n) is 6.67. The molecule has 1 saturated heterocycles. The molecule has 1 aliphatic heterocycles. The molecule has 19 heavy (non-hydrogen) atoms. The first-order chi connectivity index (χ1) is 8.87. The van der Waals surface area contributed by atoms with E-state index in [1.807, 2.05) is 26.0 Å². The van der Waals surface area contributed by atoms with Gasteiger partial charge >= 0.3 is 0 Å². The van der Waals surface area contributed by atoms with Gasteiger partial charge in [-0.3, -0.25) is 0 Å². The van der Waals surface area contributed by atoms with Crippen molar-refractivity contribution in [3.05, 3.63) is 28.2 Å². The van der Waals surface area contributed by atoms with E-state index in [9.17, 15) is 8.42 Å². The van der Waals surface area contributed by atoms with Crippen molar-refractivity contribution >= 4 is 26.0 Å². The molecule has 106 valence electrons. The van der Waals surface area contributed by atoms with Crippen LogP contribution < -0.4 is 0 Å². The largest absolute Gasteiger partial charge is 0.243 e. The lowest BCUT2D eigenvalue weighted by molar-refractivity contribution is 0.328. The van der Waals surface area contributed by atoms with Crippen LogP contribution in [-0.2, 0) is 10.0 Å². The summed E-state index contributed by atoms with van der Waals surface area (Å²) in [5, 5.41) is 0. The predicted octanol–water partition coefficient (Wildman–Crippen LogP) is 3.71. The molecule has 1 fully saturated rings. The fourth-order valence-corrected chi connectivity index (χ4v) is 5.55. The summed E-state index contributed by atoms with van der Waals surface area (Å²) in [6, 6.07) is 5.66.